The third-order valence-corrected chi connectivity index (χ3v) is 2.90. The summed E-state index contributed by atoms with van der Waals surface area (Å²) in [4.78, 5) is 12.0. The standard InChI is InChI=1S/C16H14O5/c1-21-12-4-2-10(3-5-12)14(18)7-6-13-15(19)8-11(17)9-16(13)20/h2-9,17,19-20H,1H3/b7-6+. The number of allylic oxidation sites excluding steroid dienone is 1. The first kappa shape index (κ1) is 14.5. The van der Waals surface area contributed by atoms with E-state index in [1.807, 2.05) is 0 Å². The van der Waals surface area contributed by atoms with Gasteiger partial charge in [0.25, 0.3) is 0 Å². The van der Waals surface area contributed by atoms with Gasteiger partial charge in [-0.05, 0) is 36.4 Å². The van der Waals surface area contributed by atoms with Crippen LogP contribution in [0.25, 0.3) is 6.08 Å². The first-order chi connectivity index (χ1) is 10.0. The molecule has 2 rings (SSSR count). The number of phenols is 3. The van der Waals surface area contributed by atoms with Gasteiger partial charge in [0.1, 0.15) is 23.0 Å². The molecule has 3 N–H and O–H groups in total. The third kappa shape index (κ3) is 3.33. The number of benzene rings is 2. The van der Waals surface area contributed by atoms with Gasteiger partial charge in [-0.25, -0.2) is 0 Å². The Kier molecular flexibility index (Phi) is 4.13. The number of phenolic OH excluding ortho intramolecular Hbond substituents is 3. The molecule has 0 aromatic heterocycles. The van der Waals surface area contributed by atoms with E-state index in [1.54, 1.807) is 24.3 Å². The topological polar surface area (TPSA) is 87.0 Å². The van der Waals surface area contributed by atoms with Crippen LogP contribution in [0.1, 0.15) is 15.9 Å². The number of hydrogen-bond acceptors (Lipinski definition) is 5. The Morgan fingerprint density at radius 1 is 1.05 bits per heavy atom. The van der Waals surface area contributed by atoms with Crippen LogP contribution >= 0.6 is 0 Å². The van der Waals surface area contributed by atoms with Gasteiger partial charge < -0.3 is 20.1 Å². The molecule has 0 radical (unpaired) electrons. The predicted octanol–water partition coefficient (Wildman–Crippen LogP) is 2.71. The van der Waals surface area contributed by atoms with Crippen LogP contribution in [-0.2, 0) is 0 Å². The van der Waals surface area contributed by atoms with E-state index in [4.69, 9.17) is 4.74 Å². The fraction of sp³-hybridized carbons (Fsp3) is 0.0625. The van der Waals surface area contributed by atoms with Gasteiger partial charge in [-0.1, -0.05) is 0 Å². The van der Waals surface area contributed by atoms with Crippen molar-refractivity contribution >= 4 is 11.9 Å². The first-order valence-corrected chi connectivity index (χ1v) is 6.12. The normalized spacial score (nSPS) is 10.7. The maximum Gasteiger partial charge on any atom is 0.185 e. The lowest BCUT2D eigenvalue weighted by molar-refractivity contribution is 0.104. The van der Waals surface area contributed by atoms with E-state index in [0.717, 1.165) is 12.1 Å². The SMILES string of the molecule is COc1ccc(C(=O)/C=C/c2c(O)cc(O)cc2O)cc1. The monoisotopic (exact) mass is 286 g/mol. The molecule has 2 aromatic carbocycles. The second kappa shape index (κ2) is 6.00. The molecule has 0 aliphatic heterocycles. The summed E-state index contributed by atoms with van der Waals surface area (Å²) in [7, 11) is 1.53. The number of methoxy groups -OCH3 is 1. The van der Waals surface area contributed by atoms with Crippen molar-refractivity contribution in [1.82, 2.24) is 0 Å². The summed E-state index contributed by atoms with van der Waals surface area (Å²) in [6.07, 6.45) is 2.52. The molecule has 0 unspecified atom stereocenters. The molecular formula is C16H14O5. The fourth-order valence-electron chi connectivity index (χ4n) is 1.79. The Labute approximate surface area is 121 Å². The Bertz CT molecular complexity index is 663. The number of carbonyl (C=O) groups excluding carboxylic acids is 1. The van der Waals surface area contributed by atoms with Crippen LogP contribution in [-0.4, -0.2) is 28.2 Å². The lowest BCUT2D eigenvalue weighted by atomic mass is 10.1. The van der Waals surface area contributed by atoms with Crippen LogP contribution in [0.2, 0.25) is 0 Å². The lowest BCUT2D eigenvalue weighted by Gasteiger charge is -2.03. The van der Waals surface area contributed by atoms with Crippen LogP contribution in [0.4, 0.5) is 0 Å². The van der Waals surface area contributed by atoms with E-state index in [1.165, 1.54) is 19.3 Å². The molecule has 0 saturated heterocycles. The summed E-state index contributed by atoms with van der Waals surface area (Å²) in [5.41, 5.74) is 0.513. The van der Waals surface area contributed by atoms with Crippen molar-refractivity contribution in [1.29, 1.82) is 0 Å². The molecule has 21 heavy (non-hydrogen) atoms. The molecule has 0 heterocycles. The molecule has 0 atom stereocenters. The van der Waals surface area contributed by atoms with Gasteiger partial charge in [-0.15, -0.1) is 0 Å². The minimum Gasteiger partial charge on any atom is -0.508 e. The summed E-state index contributed by atoms with van der Waals surface area (Å²) in [6.45, 7) is 0. The highest BCUT2D eigenvalue weighted by Gasteiger charge is 2.08. The summed E-state index contributed by atoms with van der Waals surface area (Å²) in [6, 6.07) is 8.71. The molecule has 2 aromatic rings. The van der Waals surface area contributed by atoms with Crippen molar-refractivity contribution in [2.45, 2.75) is 0 Å². The van der Waals surface area contributed by atoms with Crippen LogP contribution in [0, 0.1) is 0 Å². The van der Waals surface area contributed by atoms with E-state index < -0.39 is 0 Å². The summed E-state index contributed by atoms with van der Waals surface area (Å²) in [5.74, 6) is -0.532. The number of carbonyl (C=O) groups is 1. The van der Waals surface area contributed by atoms with Crippen LogP contribution in [0.3, 0.4) is 0 Å². The molecule has 0 aliphatic carbocycles. The van der Waals surface area contributed by atoms with Crippen molar-refractivity contribution < 1.29 is 24.9 Å². The van der Waals surface area contributed by atoms with Gasteiger partial charge in [-0.2, -0.15) is 0 Å². The highest BCUT2D eigenvalue weighted by atomic mass is 16.5. The van der Waals surface area contributed by atoms with Gasteiger partial charge in [0.05, 0.1) is 12.7 Å². The number of rotatable bonds is 4. The highest BCUT2D eigenvalue weighted by molar-refractivity contribution is 6.07. The Balaban J connectivity index is 2.22. The molecule has 5 nitrogen and oxygen atoms in total. The number of ether oxygens (including phenoxy) is 1. The molecule has 108 valence electrons. The van der Waals surface area contributed by atoms with Gasteiger partial charge in [0, 0.05) is 17.7 Å². The molecular weight excluding hydrogens is 272 g/mol. The predicted molar refractivity (Wildman–Crippen MR) is 77.8 cm³/mol. The maximum absolute atomic E-state index is 12.0. The van der Waals surface area contributed by atoms with Gasteiger partial charge in [0.2, 0.25) is 0 Å². The lowest BCUT2D eigenvalue weighted by Crippen LogP contribution is -1.94. The quantitative estimate of drug-likeness (QED) is 0.594. The van der Waals surface area contributed by atoms with Crippen LogP contribution < -0.4 is 4.74 Å². The summed E-state index contributed by atoms with van der Waals surface area (Å²) < 4.78 is 5.00. The summed E-state index contributed by atoms with van der Waals surface area (Å²) >= 11 is 0. The summed E-state index contributed by atoms with van der Waals surface area (Å²) in [5, 5.41) is 28.4. The zero-order valence-electron chi connectivity index (χ0n) is 11.3. The second-order valence-electron chi connectivity index (χ2n) is 4.32. The largest absolute Gasteiger partial charge is 0.508 e. The average molecular weight is 286 g/mol. The van der Waals surface area contributed by atoms with E-state index in [2.05, 4.69) is 0 Å². The highest BCUT2D eigenvalue weighted by Crippen LogP contribution is 2.32. The van der Waals surface area contributed by atoms with Crippen LogP contribution in [0.5, 0.6) is 23.0 Å². The molecule has 0 saturated carbocycles. The van der Waals surface area contributed by atoms with E-state index in [9.17, 15) is 20.1 Å². The molecule has 0 aliphatic rings. The van der Waals surface area contributed by atoms with Crippen molar-refractivity contribution in [3.05, 3.63) is 53.6 Å². The Hall–Kier alpha value is -2.95. The van der Waals surface area contributed by atoms with Crippen LogP contribution in [0.15, 0.2) is 42.5 Å². The van der Waals surface area contributed by atoms with Gasteiger partial charge in [0.15, 0.2) is 5.78 Å². The van der Waals surface area contributed by atoms with Crippen molar-refractivity contribution in [2.75, 3.05) is 7.11 Å². The maximum atomic E-state index is 12.0. The zero-order valence-corrected chi connectivity index (χ0v) is 11.3. The molecule has 5 heteroatoms. The van der Waals surface area contributed by atoms with Crippen molar-refractivity contribution in [3.63, 3.8) is 0 Å². The third-order valence-electron chi connectivity index (χ3n) is 2.90. The zero-order chi connectivity index (χ0) is 15.4. The number of hydrogen-bond donors (Lipinski definition) is 3. The molecule has 0 spiro atoms. The second-order valence-corrected chi connectivity index (χ2v) is 4.32. The fourth-order valence-corrected chi connectivity index (χ4v) is 1.79. The molecule has 0 fully saturated rings. The van der Waals surface area contributed by atoms with Gasteiger partial charge in [-0.3, -0.25) is 4.79 Å². The smallest absolute Gasteiger partial charge is 0.185 e. The van der Waals surface area contributed by atoms with E-state index in [-0.39, 0.29) is 28.6 Å². The van der Waals surface area contributed by atoms with Crippen molar-refractivity contribution in [3.8, 4) is 23.0 Å². The molecule has 0 amide bonds. The number of ketones is 1. The Morgan fingerprint density at radius 3 is 2.14 bits per heavy atom. The minimum absolute atomic E-state index is 0.0645. The molecule has 0 bridgehead atoms. The Morgan fingerprint density at radius 2 is 1.62 bits per heavy atom. The first-order valence-electron chi connectivity index (χ1n) is 6.12. The minimum atomic E-state index is -0.314. The van der Waals surface area contributed by atoms with E-state index in [0.29, 0.717) is 11.3 Å². The van der Waals surface area contributed by atoms with Crippen molar-refractivity contribution in [2.24, 2.45) is 0 Å². The van der Waals surface area contributed by atoms with Gasteiger partial charge >= 0.3 is 0 Å². The van der Waals surface area contributed by atoms with E-state index >= 15 is 0 Å². The number of aromatic hydroxyl groups is 3. The average Bonchev–Trinajstić information content (AvgIpc) is 2.46.